The second-order valence-corrected chi connectivity index (χ2v) is 3.98. The summed E-state index contributed by atoms with van der Waals surface area (Å²) < 4.78 is 16.0. The maximum Gasteiger partial charge on any atom is 0.148 e. The van der Waals surface area contributed by atoms with Gasteiger partial charge in [0.1, 0.15) is 18.0 Å². The molecule has 5 heteroatoms. The van der Waals surface area contributed by atoms with Gasteiger partial charge in [-0.15, -0.1) is 10.2 Å². The fourth-order valence-electron chi connectivity index (χ4n) is 1.38. The average Bonchev–Trinajstić information content (AvgIpc) is 2.65. The second-order valence-electron chi connectivity index (χ2n) is 3.07. The summed E-state index contributed by atoms with van der Waals surface area (Å²) in [5.41, 5.74) is 0.472. The van der Waals surface area contributed by atoms with Crippen molar-refractivity contribution in [2.45, 2.75) is 13.3 Å². The number of halogens is 2. The van der Waals surface area contributed by atoms with Gasteiger partial charge in [0.05, 0.1) is 5.69 Å². The third-order valence-corrected chi connectivity index (χ3v) is 2.60. The molecule has 0 aliphatic rings. The molecule has 2 rings (SSSR count). The molecule has 0 saturated heterocycles. The van der Waals surface area contributed by atoms with E-state index in [2.05, 4.69) is 26.1 Å². The van der Waals surface area contributed by atoms with Crippen molar-refractivity contribution in [2.75, 3.05) is 0 Å². The number of hydrogen-bond acceptors (Lipinski definition) is 2. The Morgan fingerprint density at radius 1 is 1.47 bits per heavy atom. The fourth-order valence-corrected chi connectivity index (χ4v) is 1.71. The lowest BCUT2D eigenvalue weighted by molar-refractivity contribution is 0.614. The van der Waals surface area contributed by atoms with E-state index >= 15 is 0 Å². The van der Waals surface area contributed by atoms with Crippen LogP contribution in [0.2, 0.25) is 0 Å². The minimum atomic E-state index is -0.293. The van der Waals surface area contributed by atoms with Crippen molar-refractivity contribution in [2.24, 2.45) is 0 Å². The normalized spacial score (nSPS) is 10.6. The summed E-state index contributed by atoms with van der Waals surface area (Å²) in [6, 6.07) is 4.91. The molecule has 15 heavy (non-hydrogen) atoms. The molecule has 0 aliphatic heterocycles. The molecule has 1 aromatic carbocycles. The van der Waals surface area contributed by atoms with E-state index in [-0.39, 0.29) is 5.82 Å². The summed E-state index contributed by atoms with van der Waals surface area (Å²) in [5.74, 6) is 0.454. The molecule has 0 unspecified atom stereocenters. The summed E-state index contributed by atoms with van der Waals surface area (Å²) in [6.45, 7) is 1.96. The molecular weight excluding hydrogens is 261 g/mol. The van der Waals surface area contributed by atoms with Gasteiger partial charge in [0, 0.05) is 10.9 Å². The number of hydrogen-bond donors (Lipinski definition) is 0. The molecule has 1 heterocycles. The predicted molar refractivity (Wildman–Crippen MR) is 58.4 cm³/mol. The highest BCUT2D eigenvalue weighted by molar-refractivity contribution is 9.10. The van der Waals surface area contributed by atoms with Gasteiger partial charge in [0.25, 0.3) is 0 Å². The van der Waals surface area contributed by atoms with Crippen LogP contribution >= 0.6 is 15.9 Å². The van der Waals surface area contributed by atoms with Crippen LogP contribution in [0.25, 0.3) is 5.69 Å². The number of benzene rings is 1. The Labute approximate surface area is 95.1 Å². The topological polar surface area (TPSA) is 30.7 Å². The third-order valence-electron chi connectivity index (χ3n) is 2.10. The Morgan fingerprint density at radius 3 is 2.93 bits per heavy atom. The molecular formula is C10H9BrFN3. The first-order valence-corrected chi connectivity index (χ1v) is 5.36. The van der Waals surface area contributed by atoms with Gasteiger partial charge in [0.15, 0.2) is 0 Å². The fraction of sp³-hybridized carbons (Fsp3) is 0.200. The lowest BCUT2D eigenvalue weighted by atomic mass is 10.3. The molecule has 3 nitrogen and oxygen atoms in total. The van der Waals surface area contributed by atoms with E-state index in [1.54, 1.807) is 16.7 Å². The van der Waals surface area contributed by atoms with Gasteiger partial charge in [-0.2, -0.15) is 0 Å². The van der Waals surface area contributed by atoms with Crippen LogP contribution in [-0.4, -0.2) is 14.8 Å². The van der Waals surface area contributed by atoms with Crippen LogP contribution in [-0.2, 0) is 6.42 Å². The molecule has 0 aliphatic carbocycles. The van der Waals surface area contributed by atoms with E-state index in [0.717, 1.165) is 16.7 Å². The first-order valence-electron chi connectivity index (χ1n) is 4.56. The highest BCUT2D eigenvalue weighted by Gasteiger charge is 2.09. The van der Waals surface area contributed by atoms with E-state index < -0.39 is 0 Å². The van der Waals surface area contributed by atoms with Gasteiger partial charge in [-0.3, -0.25) is 4.57 Å². The zero-order valence-corrected chi connectivity index (χ0v) is 9.70. The lowest BCUT2D eigenvalue weighted by Gasteiger charge is -2.06. The van der Waals surface area contributed by atoms with Crippen molar-refractivity contribution in [3.8, 4) is 5.69 Å². The van der Waals surface area contributed by atoms with E-state index in [4.69, 9.17) is 0 Å². The molecule has 0 spiro atoms. The molecule has 78 valence electrons. The maximum absolute atomic E-state index is 13.6. The molecule has 0 amide bonds. The molecule has 0 saturated carbocycles. The Balaban J connectivity index is 2.54. The van der Waals surface area contributed by atoms with Gasteiger partial charge >= 0.3 is 0 Å². The van der Waals surface area contributed by atoms with E-state index in [1.807, 2.05) is 6.92 Å². The van der Waals surface area contributed by atoms with Crippen LogP contribution in [0, 0.1) is 5.82 Å². The van der Waals surface area contributed by atoms with Crippen molar-refractivity contribution in [3.05, 3.63) is 40.6 Å². The first kappa shape index (κ1) is 10.3. The van der Waals surface area contributed by atoms with Gasteiger partial charge in [0.2, 0.25) is 0 Å². The summed E-state index contributed by atoms with van der Waals surface area (Å²) in [7, 11) is 0. The van der Waals surface area contributed by atoms with Crippen LogP contribution in [0.4, 0.5) is 4.39 Å². The zero-order chi connectivity index (χ0) is 10.8. The average molecular weight is 270 g/mol. The Morgan fingerprint density at radius 2 is 2.27 bits per heavy atom. The van der Waals surface area contributed by atoms with Crippen molar-refractivity contribution >= 4 is 15.9 Å². The third kappa shape index (κ3) is 1.92. The predicted octanol–water partition coefficient (Wildman–Crippen LogP) is 2.73. The molecule has 1 aromatic heterocycles. The monoisotopic (exact) mass is 269 g/mol. The van der Waals surface area contributed by atoms with Crippen molar-refractivity contribution in [1.82, 2.24) is 14.8 Å². The van der Waals surface area contributed by atoms with Crippen LogP contribution in [0.3, 0.4) is 0 Å². The number of nitrogens with zero attached hydrogens (tertiary/aromatic N) is 3. The minimum absolute atomic E-state index is 0.293. The lowest BCUT2D eigenvalue weighted by Crippen LogP contribution is -2.01. The quantitative estimate of drug-likeness (QED) is 0.840. The molecule has 0 bridgehead atoms. The largest absolute Gasteiger partial charge is 0.283 e. The Bertz CT molecular complexity index is 481. The van der Waals surface area contributed by atoms with Crippen molar-refractivity contribution in [3.63, 3.8) is 0 Å². The van der Waals surface area contributed by atoms with Crippen LogP contribution in [0.1, 0.15) is 12.7 Å². The Kier molecular flexibility index (Phi) is 2.81. The zero-order valence-electron chi connectivity index (χ0n) is 8.11. The molecule has 0 atom stereocenters. The van der Waals surface area contributed by atoms with Crippen molar-refractivity contribution < 1.29 is 4.39 Å². The first-order chi connectivity index (χ1) is 7.22. The standard InChI is InChI=1S/C10H9BrFN3/c1-2-10-14-13-6-15(10)9-4-3-7(11)5-8(9)12/h3-6H,2H2,1H3. The van der Waals surface area contributed by atoms with Gasteiger partial charge in [-0.1, -0.05) is 22.9 Å². The number of rotatable bonds is 2. The summed E-state index contributed by atoms with van der Waals surface area (Å²) in [5, 5.41) is 7.68. The SMILES string of the molecule is CCc1nncn1-c1ccc(Br)cc1F. The summed E-state index contributed by atoms with van der Waals surface area (Å²) in [6.07, 6.45) is 2.24. The van der Waals surface area contributed by atoms with Crippen LogP contribution < -0.4 is 0 Å². The molecule has 0 N–H and O–H groups in total. The maximum atomic E-state index is 13.6. The summed E-state index contributed by atoms with van der Waals surface area (Å²) in [4.78, 5) is 0. The minimum Gasteiger partial charge on any atom is -0.283 e. The number of aryl methyl sites for hydroxylation is 1. The van der Waals surface area contributed by atoms with Crippen molar-refractivity contribution in [1.29, 1.82) is 0 Å². The van der Waals surface area contributed by atoms with E-state index in [0.29, 0.717) is 5.69 Å². The molecule has 0 fully saturated rings. The van der Waals surface area contributed by atoms with Crippen LogP contribution in [0.5, 0.6) is 0 Å². The van der Waals surface area contributed by atoms with Crippen LogP contribution in [0.15, 0.2) is 29.0 Å². The van der Waals surface area contributed by atoms with Gasteiger partial charge in [-0.05, 0) is 18.2 Å². The summed E-state index contributed by atoms with van der Waals surface area (Å²) >= 11 is 3.21. The van der Waals surface area contributed by atoms with E-state index in [9.17, 15) is 4.39 Å². The molecule has 2 aromatic rings. The van der Waals surface area contributed by atoms with E-state index in [1.165, 1.54) is 12.4 Å². The van der Waals surface area contributed by atoms with Gasteiger partial charge in [-0.25, -0.2) is 4.39 Å². The highest BCUT2D eigenvalue weighted by Crippen LogP contribution is 2.19. The second kappa shape index (κ2) is 4.10. The smallest absolute Gasteiger partial charge is 0.148 e. The highest BCUT2D eigenvalue weighted by atomic mass is 79.9. The van der Waals surface area contributed by atoms with Gasteiger partial charge < -0.3 is 0 Å². The molecule has 0 radical (unpaired) electrons. The number of aromatic nitrogens is 3. The Hall–Kier alpha value is -1.23.